The van der Waals surface area contributed by atoms with Crippen molar-refractivity contribution in [1.82, 2.24) is 0 Å². The van der Waals surface area contributed by atoms with E-state index in [1.54, 1.807) is 0 Å². The zero-order valence-corrected chi connectivity index (χ0v) is 16.2. The van der Waals surface area contributed by atoms with E-state index in [4.69, 9.17) is 15.3 Å². The second-order valence-corrected chi connectivity index (χ2v) is 6.74. The number of aliphatic hydroxyl groups excluding tert-OH is 3. The summed E-state index contributed by atoms with van der Waals surface area (Å²) >= 11 is 0. The molecule has 0 aromatic rings. The third-order valence-corrected chi connectivity index (χ3v) is 4.33. The Morgan fingerprint density at radius 1 is 0.514 bits per heavy atom. The second kappa shape index (κ2) is 9.84. The fraction of sp³-hybridized carbons (Fsp3) is 1.00. The summed E-state index contributed by atoms with van der Waals surface area (Å²) in [6.45, 7) is -4.62. The first kappa shape index (κ1) is 33.7. The molecule has 21 heteroatoms. The molecule has 0 amide bonds. The average molecular weight is 568 g/mol. The molecule has 0 heterocycles. The molecule has 0 radical (unpaired) electrons. The van der Waals surface area contributed by atoms with E-state index >= 15 is 0 Å². The van der Waals surface area contributed by atoms with Crippen LogP contribution in [0.5, 0.6) is 0 Å². The summed E-state index contributed by atoms with van der Waals surface area (Å²) in [5.74, 6) is -57.0. The van der Waals surface area contributed by atoms with E-state index in [2.05, 4.69) is 4.74 Å². The van der Waals surface area contributed by atoms with Crippen LogP contribution in [0, 0.1) is 0 Å². The summed E-state index contributed by atoms with van der Waals surface area (Å²) in [6, 6.07) is 0. The first-order chi connectivity index (χ1) is 15.2. The van der Waals surface area contributed by atoms with E-state index in [-0.39, 0.29) is 0 Å². The Morgan fingerprint density at radius 3 is 1.17 bits per heavy atom. The van der Waals surface area contributed by atoms with Crippen LogP contribution in [0.1, 0.15) is 6.42 Å². The molecule has 0 aliphatic rings. The lowest BCUT2D eigenvalue weighted by Crippen LogP contribution is -2.74. The highest BCUT2D eigenvalue weighted by molar-refractivity contribution is 5.15. The average Bonchev–Trinajstić information content (AvgIpc) is 2.68. The van der Waals surface area contributed by atoms with Gasteiger partial charge in [-0.05, 0) is 0 Å². The molecule has 2 unspecified atom stereocenters. The van der Waals surface area contributed by atoms with Crippen LogP contribution in [0.25, 0.3) is 0 Å². The van der Waals surface area contributed by atoms with Gasteiger partial charge in [0, 0.05) is 6.42 Å². The highest BCUT2D eigenvalue weighted by Gasteiger charge is 2.95. The summed E-state index contributed by atoms with van der Waals surface area (Å²) in [5, 5.41) is 26.3. The highest BCUT2D eigenvalue weighted by Crippen LogP contribution is 2.64. The van der Waals surface area contributed by atoms with Crippen LogP contribution in [-0.4, -0.2) is 95.0 Å². The Balaban J connectivity index is 6.26. The van der Waals surface area contributed by atoms with Gasteiger partial charge in [0.25, 0.3) is 0 Å². The molecule has 0 spiro atoms. The van der Waals surface area contributed by atoms with Crippen LogP contribution in [0.2, 0.25) is 0 Å². The predicted octanol–water partition coefficient (Wildman–Crippen LogP) is 4.12. The molecule has 0 aliphatic heterocycles. The van der Waals surface area contributed by atoms with Gasteiger partial charge in [-0.3, -0.25) is 0 Å². The number of alkyl halides is 17. The fourth-order valence-corrected chi connectivity index (χ4v) is 2.09. The molecule has 0 bridgehead atoms. The third kappa shape index (κ3) is 5.22. The molecular weight excluding hydrogens is 555 g/mol. The highest BCUT2D eigenvalue weighted by atomic mass is 19.4. The molecule has 0 saturated carbocycles. The van der Waals surface area contributed by atoms with Crippen molar-refractivity contribution in [1.29, 1.82) is 0 Å². The molecule has 0 rings (SSSR count). The normalized spacial score (nSPS) is 17.5. The van der Waals surface area contributed by atoms with Crippen molar-refractivity contribution >= 4 is 0 Å². The van der Waals surface area contributed by atoms with Gasteiger partial charge < -0.3 is 20.1 Å². The van der Waals surface area contributed by atoms with Crippen molar-refractivity contribution in [2.75, 3.05) is 19.8 Å². The summed E-state index contributed by atoms with van der Waals surface area (Å²) in [4.78, 5) is 0. The Labute approximate surface area is 182 Å². The van der Waals surface area contributed by atoms with Crippen LogP contribution in [0.4, 0.5) is 74.6 Å². The first-order valence-electron chi connectivity index (χ1n) is 8.38. The minimum absolute atomic E-state index is 1.27. The fourth-order valence-electron chi connectivity index (χ4n) is 2.09. The molecular formula is C14H13F17O4. The quantitative estimate of drug-likeness (QED) is 0.293. The molecule has 2 atom stereocenters. The summed E-state index contributed by atoms with van der Waals surface area (Å²) in [6.07, 6.45) is -14.9. The minimum atomic E-state index is -8.70. The van der Waals surface area contributed by atoms with Gasteiger partial charge in [-0.1, -0.05) is 0 Å². The molecule has 0 fully saturated rings. The molecule has 3 N–H and O–H groups in total. The van der Waals surface area contributed by atoms with Crippen molar-refractivity contribution < 1.29 is 94.7 Å². The largest absolute Gasteiger partial charge is 0.460 e. The van der Waals surface area contributed by atoms with Gasteiger partial charge in [0.2, 0.25) is 0 Å². The lowest BCUT2D eigenvalue weighted by molar-refractivity contribution is -0.462. The summed E-state index contributed by atoms with van der Waals surface area (Å²) in [5.41, 5.74) is 0. The molecule has 0 aromatic heterocycles. The van der Waals surface area contributed by atoms with Crippen LogP contribution in [0.3, 0.4) is 0 Å². The molecule has 212 valence electrons. The zero-order chi connectivity index (χ0) is 28.7. The van der Waals surface area contributed by atoms with Gasteiger partial charge in [0.1, 0.15) is 12.2 Å². The number of ether oxygens (including phenoxy) is 1. The topological polar surface area (TPSA) is 69.9 Å². The maximum atomic E-state index is 13.6. The monoisotopic (exact) mass is 568 g/mol. The van der Waals surface area contributed by atoms with Crippen molar-refractivity contribution in [3.63, 3.8) is 0 Å². The Kier molecular flexibility index (Phi) is 9.46. The van der Waals surface area contributed by atoms with E-state index in [0.717, 1.165) is 0 Å². The number of halogens is 17. The lowest BCUT2D eigenvalue weighted by atomic mass is 9.88. The van der Waals surface area contributed by atoms with Gasteiger partial charge in [-0.15, -0.1) is 0 Å². The Morgan fingerprint density at radius 2 is 0.857 bits per heavy atom. The van der Waals surface area contributed by atoms with Crippen LogP contribution in [0.15, 0.2) is 0 Å². The maximum absolute atomic E-state index is 13.6. The van der Waals surface area contributed by atoms with E-state index in [0.29, 0.717) is 0 Å². The van der Waals surface area contributed by atoms with Gasteiger partial charge >= 0.3 is 47.6 Å². The van der Waals surface area contributed by atoms with Crippen molar-refractivity contribution in [2.24, 2.45) is 0 Å². The number of hydrogen-bond acceptors (Lipinski definition) is 4. The zero-order valence-electron chi connectivity index (χ0n) is 16.2. The summed E-state index contributed by atoms with van der Waals surface area (Å²) in [7, 11) is 0. The van der Waals surface area contributed by atoms with Gasteiger partial charge in [-0.25, -0.2) is 0 Å². The molecule has 35 heavy (non-hydrogen) atoms. The maximum Gasteiger partial charge on any atom is 0.460 e. The van der Waals surface area contributed by atoms with E-state index < -0.39 is 86.1 Å². The third-order valence-electron chi connectivity index (χ3n) is 4.33. The Hall–Kier alpha value is -1.35. The summed E-state index contributed by atoms with van der Waals surface area (Å²) < 4.78 is 226. The molecule has 0 aromatic carbocycles. The van der Waals surface area contributed by atoms with Gasteiger partial charge in [0.05, 0.1) is 19.8 Å². The molecule has 0 aliphatic carbocycles. The standard InChI is InChI=1S/C14H13F17O4/c15-7(16,1-2-35-6(4-33)5(34)3-32)8(17,18)9(19,20)10(21,22)11(23,24)12(25,26)13(27,28)14(29,30)31/h5-6,32-34H,1-4H2. The number of hydrogen-bond donors (Lipinski definition) is 3. The number of rotatable bonds is 13. The number of aliphatic hydroxyl groups is 3. The molecule has 0 saturated heterocycles. The molecule has 4 nitrogen and oxygen atoms in total. The van der Waals surface area contributed by atoms with Crippen LogP contribution < -0.4 is 0 Å². The van der Waals surface area contributed by atoms with Crippen molar-refractivity contribution in [3.8, 4) is 0 Å². The van der Waals surface area contributed by atoms with E-state index in [1.807, 2.05) is 0 Å². The van der Waals surface area contributed by atoms with Gasteiger partial charge in [-0.2, -0.15) is 74.6 Å². The minimum Gasteiger partial charge on any atom is -0.394 e. The second-order valence-electron chi connectivity index (χ2n) is 6.74. The van der Waals surface area contributed by atoms with Crippen LogP contribution >= 0.6 is 0 Å². The van der Waals surface area contributed by atoms with Gasteiger partial charge in [0.15, 0.2) is 0 Å². The van der Waals surface area contributed by atoms with Crippen molar-refractivity contribution in [3.05, 3.63) is 0 Å². The van der Waals surface area contributed by atoms with E-state index in [1.165, 1.54) is 0 Å². The predicted molar refractivity (Wildman–Crippen MR) is 75.2 cm³/mol. The van der Waals surface area contributed by atoms with E-state index in [9.17, 15) is 74.6 Å². The first-order valence-corrected chi connectivity index (χ1v) is 8.38. The van der Waals surface area contributed by atoms with Crippen molar-refractivity contribution in [2.45, 2.75) is 66.3 Å². The lowest BCUT2D eigenvalue weighted by Gasteiger charge is -2.42. The smallest absolute Gasteiger partial charge is 0.394 e. The van der Waals surface area contributed by atoms with Crippen LogP contribution in [-0.2, 0) is 4.74 Å². The SMILES string of the molecule is OCC(O)C(CO)OCCC(F)(F)C(F)(F)C(F)(F)C(F)(F)C(F)(F)C(F)(F)C(F)(F)C(F)(F)F. The Bertz CT molecular complexity index is 705.